The molecule has 4 heteroatoms. The molecule has 0 saturated carbocycles. The van der Waals surface area contributed by atoms with E-state index in [-0.39, 0.29) is 6.29 Å². The first-order valence-electron chi connectivity index (χ1n) is 10.4. The lowest BCUT2D eigenvalue weighted by Crippen LogP contribution is -2.39. The zero-order valence-electron chi connectivity index (χ0n) is 16.9. The molecule has 1 atom stereocenters. The SMILES string of the molecule is COC(OC)C1CCN(c2ccc([C@H]3CCCc4cc(O)ccc43)cc2)CC1. The van der Waals surface area contributed by atoms with Crippen molar-refractivity contribution in [1.82, 2.24) is 0 Å². The standard InChI is InChI=1S/C24H31NO3/c1-27-24(28-2)18-12-14-25(15-13-18)20-8-6-17(7-9-20)22-5-3-4-19-16-21(26)10-11-23(19)22/h6-11,16,18,22,24,26H,3-5,12-15H2,1-2H3/t22-/m1/s1. The Balaban J connectivity index is 1.44. The molecule has 0 unspecified atom stereocenters. The van der Waals surface area contributed by atoms with E-state index in [9.17, 15) is 5.11 Å². The van der Waals surface area contributed by atoms with Crippen LogP contribution in [0.15, 0.2) is 42.5 Å². The van der Waals surface area contributed by atoms with E-state index in [1.807, 2.05) is 12.1 Å². The molecule has 4 rings (SSSR count). The summed E-state index contributed by atoms with van der Waals surface area (Å²) in [5.41, 5.74) is 5.36. The number of ether oxygens (including phenoxy) is 2. The van der Waals surface area contributed by atoms with Crippen molar-refractivity contribution in [2.75, 3.05) is 32.2 Å². The molecule has 2 aliphatic rings. The van der Waals surface area contributed by atoms with Gasteiger partial charge in [-0.2, -0.15) is 0 Å². The van der Waals surface area contributed by atoms with Crippen molar-refractivity contribution in [2.24, 2.45) is 5.92 Å². The van der Waals surface area contributed by atoms with Gasteiger partial charge in [0.05, 0.1) is 0 Å². The molecule has 1 aliphatic heterocycles. The third-order valence-electron chi connectivity index (χ3n) is 6.49. The molecule has 1 heterocycles. The average Bonchev–Trinajstić information content (AvgIpc) is 2.75. The summed E-state index contributed by atoms with van der Waals surface area (Å²) in [7, 11) is 3.45. The van der Waals surface area contributed by atoms with Crippen molar-refractivity contribution < 1.29 is 14.6 Å². The number of benzene rings is 2. The van der Waals surface area contributed by atoms with Crippen LogP contribution in [-0.2, 0) is 15.9 Å². The van der Waals surface area contributed by atoms with Gasteiger partial charge in [0.25, 0.3) is 0 Å². The molecule has 1 aliphatic carbocycles. The number of methoxy groups -OCH3 is 2. The molecule has 1 saturated heterocycles. The molecule has 0 bridgehead atoms. The van der Waals surface area contributed by atoms with Gasteiger partial charge in [-0.25, -0.2) is 0 Å². The minimum Gasteiger partial charge on any atom is -0.508 e. The fourth-order valence-electron chi connectivity index (χ4n) is 4.98. The molecule has 1 fully saturated rings. The average molecular weight is 382 g/mol. The Kier molecular flexibility index (Phi) is 5.88. The van der Waals surface area contributed by atoms with Gasteiger partial charge in [-0.3, -0.25) is 0 Å². The zero-order chi connectivity index (χ0) is 19.5. The maximum Gasteiger partial charge on any atom is 0.159 e. The van der Waals surface area contributed by atoms with Crippen molar-refractivity contribution >= 4 is 5.69 Å². The molecular formula is C24H31NO3. The molecule has 1 N–H and O–H groups in total. The molecule has 2 aromatic rings. The predicted octanol–water partition coefficient (Wildman–Crippen LogP) is 4.70. The maximum absolute atomic E-state index is 9.79. The van der Waals surface area contributed by atoms with E-state index < -0.39 is 0 Å². The summed E-state index contributed by atoms with van der Waals surface area (Å²) < 4.78 is 10.9. The molecule has 28 heavy (non-hydrogen) atoms. The van der Waals surface area contributed by atoms with Crippen molar-refractivity contribution in [3.63, 3.8) is 0 Å². The van der Waals surface area contributed by atoms with Crippen LogP contribution < -0.4 is 4.90 Å². The van der Waals surface area contributed by atoms with Crippen molar-refractivity contribution in [2.45, 2.75) is 44.3 Å². The molecule has 4 nitrogen and oxygen atoms in total. The van der Waals surface area contributed by atoms with E-state index in [0.29, 0.717) is 17.6 Å². The highest BCUT2D eigenvalue weighted by Crippen LogP contribution is 2.38. The number of aryl methyl sites for hydroxylation is 1. The highest BCUT2D eigenvalue weighted by molar-refractivity contribution is 5.51. The van der Waals surface area contributed by atoms with E-state index in [0.717, 1.165) is 32.4 Å². The molecular weight excluding hydrogens is 350 g/mol. The first kappa shape index (κ1) is 19.3. The topological polar surface area (TPSA) is 41.9 Å². The number of phenols is 1. The summed E-state index contributed by atoms with van der Waals surface area (Å²) in [5, 5.41) is 9.79. The van der Waals surface area contributed by atoms with Crippen molar-refractivity contribution in [3.8, 4) is 5.75 Å². The van der Waals surface area contributed by atoms with Gasteiger partial charge in [-0.05, 0) is 73.1 Å². The van der Waals surface area contributed by atoms with Crippen LogP contribution in [0.4, 0.5) is 5.69 Å². The van der Waals surface area contributed by atoms with E-state index in [1.165, 1.54) is 35.2 Å². The van der Waals surface area contributed by atoms with E-state index in [1.54, 1.807) is 14.2 Å². The molecule has 0 radical (unpaired) electrons. The molecule has 0 spiro atoms. The van der Waals surface area contributed by atoms with Gasteiger partial charge >= 0.3 is 0 Å². The van der Waals surface area contributed by atoms with E-state index >= 15 is 0 Å². The Hall–Kier alpha value is -2.04. The van der Waals surface area contributed by atoms with Gasteiger partial charge in [0.1, 0.15) is 5.75 Å². The van der Waals surface area contributed by atoms with Gasteiger partial charge < -0.3 is 19.5 Å². The summed E-state index contributed by atoms with van der Waals surface area (Å²) in [6.45, 7) is 2.08. The van der Waals surface area contributed by atoms with Gasteiger partial charge in [0.15, 0.2) is 6.29 Å². The number of hydrogen-bond donors (Lipinski definition) is 1. The number of anilines is 1. The Labute approximate surface area is 168 Å². The largest absolute Gasteiger partial charge is 0.508 e. The zero-order valence-corrected chi connectivity index (χ0v) is 16.9. The van der Waals surface area contributed by atoms with E-state index in [4.69, 9.17) is 9.47 Å². The Morgan fingerprint density at radius 2 is 1.68 bits per heavy atom. The number of aromatic hydroxyl groups is 1. The first-order valence-corrected chi connectivity index (χ1v) is 10.4. The predicted molar refractivity (Wildman–Crippen MR) is 112 cm³/mol. The Bertz CT molecular complexity index is 777. The fraction of sp³-hybridized carbons (Fsp3) is 0.500. The Morgan fingerprint density at radius 1 is 0.964 bits per heavy atom. The Morgan fingerprint density at radius 3 is 2.36 bits per heavy atom. The van der Waals surface area contributed by atoms with Crippen LogP contribution in [0.3, 0.4) is 0 Å². The number of piperidine rings is 1. The van der Waals surface area contributed by atoms with Gasteiger partial charge in [0.2, 0.25) is 0 Å². The number of phenolic OH excluding ortho intramolecular Hbond substituents is 1. The van der Waals surface area contributed by atoms with Gasteiger partial charge in [0, 0.05) is 44.8 Å². The molecule has 0 amide bonds. The van der Waals surface area contributed by atoms with E-state index in [2.05, 4.69) is 35.2 Å². The number of hydrogen-bond acceptors (Lipinski definition) is 4. The highest BCUT2D eigenvalue weighted by atomic mass is 16.7. The summed E-state index contributed by atoms with van der Waals surface area (Å²) in [6, 6.07) is 15.0. The van der Waals surface area contributed by atoms with Gasteiger partial charge in [-0.15, -0.1) is 0 Å². The highest BCUT2D eigenvalue weighted by Gasteiger charge is 2.27. The van der Waals surface area contributed by atoms with Crippen LogP contribution in [0.5, 0.6) is 5.75 Å². The van der Waals surface area contributed by atoms with Crippen molar-refractivity contribution in [1.29, 1.82) is 0 Å². The second kappa shape index (κ2) is 8.54. The molecule has 150 valence electrons. The quantitative estimate of drug-likeness (QED) is 0.763. The third kappa shape index (κ3) is 3.89. The second-order valence-electron chi connectivity index (χ2n) is 8.08. The monoisotopic (exact) mass is 381 g/mol. The first-order chi connectivity index (χ1) is 13.7. The summed E-state index contributed by atoms with van der Waals surface area (Å²) in [6.07, 6.45) is 5.52. The summed E-state index contributed by atoms with van der Waals surface area (Å²) in [5.74, 6) is 1.29. The van der Waals surface area contributed by atoms with Crippen LogP contribution >= 0.6 is 0 Å². The smallest absolute Gasteiger partial charge is 0.159 e. The van der Waals surface area contributed by atoms with Crippen LogP contribution in [0, 0.1) is 5.92 Å². The second-order valence-corrected chi connectivity index (χ2v) is 8.08. The minimum absolute atomic E-state index is 0.0877. The van der Waals surface area contributed by atoms with Crippen molar-refractivity contribution in [3.05, 3.63) is 59.2 Å². The number of rotatable bonds is 5. The van der Waals surface area contributed by atoms with Crippen LogP contribution in [0.2, 0.25) is 0 Å². The molecule has 0 aromatic heterocycles. The summed E-state index contributed by atoms with van der Waals surface area (Å²) in [4.78, 5) is 2.47. The number of fused-ring (bicyclic) bond motifs is 1. The number of nitrogens with zero attached hydrogens (tertiary/aromatic N) is 1. The fourth-order valence-corrected chi connectivity index (χ4v) is 4.98. The third-order valence-corrected chi connectivity index (χ3v) is 6.49. The maximum atomic E-state index is 9.79. The molecule has 2 aromatic carbocycles. The lowest BCUT2D eigenvalue weighted by Gasteiger charge is -2.36. The van der Waals surface area contributed by atoms with Crippen LogP contribution in [-0.4, -0.2) is 38.7 Å². The lowest BCUT2D eigenvalue weighted by molar-refractivity contribution is -0.141. The van der Waals surface area contributed by atoms with Crippen LogP contribution in [0.1, 0.15) is 48.3 Å². The lowest BCUT2D eigenvalue weighted by atomic mass is 9.79. The van der Waals surface area contributed by atoms with Gasteiger partial charge in [-0.1, -0.05) is 18.2 Å². The normalized spacial score (nSPS) is 20.4. The van der Waals surface area contributed by atoms with Crippen LogP contribution in [0.25, 0.3) is 0 Å². The minimum atomic E-state index is -0.0877. The summed E-state index contributed by atoms with van der Waals surface area (Å²) >= 11 is 0.